The lowest BCUT2D eigenvalue weighted by molar-refractivity contribution is 0.703. The van der Waals surface area contributed by atoms with Crippen molar-refractivity contribution in [3.63, 3.8) is 0 Å². The van der Waals surface area contributed by atoms with Crippen molar-refractivity contribution < 1.29 is 0 Å². The molecule has 0 aromatic carbocycles. The van der Waals surface area contributed by atoms with Gasteiger partial charge in [0.1, 0.15) is 0 Å². The van der Waals surface area contributed by atoms with Gasteiger partial charge in [0, 0.05) is 0 Å². The van der Waals surface area contributed by atoms with Gasteiger partial charge in [-0.1, -0.05) is 96.4 Å². The van der Waals surface area contributed by atoms with Crippen molar-refractivity contribution in [2.24, 2.45) is 0 Å². The van der Waals surface area contributed by atoms with E-state index in [1.54, 1.807) is 0 Å². The van der Waals surface area contributed by atoms with Crippen LogP contribution in [0.2, 0.25) is 36.3 Å². The Hall–Kier alpha value is 0.864. The molecule has 0 nitrogen and oxygen atoms in total. The minimum Gasteiger partial charge on any atom is -0.0996 e. The summed E-state index contributed by atoms with van der Waals surface area (Å²) in [6.07, 6.45) is 0. The van der Waals surface area contributed by atoms with Gasteiger partial charge in [-0.05, 0) is 25.8 Å². The van der Waals surface area contributed by atoms with Gasteiger partial charge in [0.2, 0.25) is 0 Å². The maximum Gasteiger partial charge on any atom is 0.0607 e. The zero-order valence-corrected chi connectivity index (χ0v) is 20.0. The Morgan fingerprint density at radius 3 is 0.952 bits per heavy atom. The van der Waals surface area contributed by atoms with Crippen LogP contribution in [-0.4, -0.2) is 31.9 Å². The van der Waals surface area contributed by atoms with Gasteiger partial charge in [-0.2, -0.15) is 0 Å². The van der Waals surface area contributed by atoms with Gasteiger partial charge in [0.15, 0.2) is 0 Å². The Morgan fingerprint density at radius 1 is 0.571 bits per heavy atom. The molecule has 1 saturated heterocycles. The molecule has 0 aliphatic carbocycles. The molecule has 21 heavy (non-hydrogen) atoms. The van der Waals surface area contributed by atoms with Gasteiger partial charge in [-0.15, -0.1) is 0 Å². The molecule has 0 unspecified atom stereocenters. The van der Waals surface area contributed by atoms with Crippen LogP contribution in [0, 0.1) is 0 Å². The molecule has 3 heteroatoms. The Labute approximate surface area is 138 Å². The fraction of sp³-hybridized carbons (Fsp3) is 1.00. The maximum absolute atomic E-state index is 2.69. The van der Waals surface area contributed by atoms with Gasteiger partial charge in [-0.25, -0.2) is 0 Å². The summed E-state index contributed by atoms with van der Waals surface area (Å²) >= 11 is 0. The van der Waals surface area contributed by atoms with E-state index in [4.69, 9.17) is 0 Å². The second-order valence-electron chi connectivity index (χ2n) is 11.4. The molecule has 0 amide bonds. The van der Waals surface area contributed by atoms with Crippen molar-refractivity contribution in [3.8, 4) is 0 Å². The molecule has 126 valence electrons. The van der Waals surface area contributed by atoms with Crippen molar-refractivity contribution in [2.75, 3.05) is 0 Å². The highest BCUT2D eigenvalue weighted by molar-refractivity contribution is 7.75. The van der Waals surface area contributed by atoms with Crippen LogP contribution in [0.4, 0.5) is 0 Å². The number of hydrogen-bond donors (Lipinski definition) is 0. The molecule has 1 heterocycles. The van der Waals surface area contributed by atoms with Crippen molar-refractivity contribution in [1.82, 2.24) is 0 Å². The molecule has 0 saturated carbocycles. The smallest absolute Gasteiger partial charge is 0.0607 e. The van der Waals surface area contributed by atoms with Gasteiger partial charge in [0.05, 0.1) is 16.1 Å². The summed E-state index contributed by atoms with van der Waals surface area (Å²) in [7, 11) is -2.26. The minimum atomic E-state index is -1.23. The fourth-order valence-corrected chi connectivity index (χ4v) is 25.9. The Balaban J connectivity index is 3.27. The van der Waals surface area contributed by atoms with Crippen LogP contribution in [0.15, 0.2) is 0 Å². The van der Waals surface area contributed by atoms with Crippen LogP contribution < -0.4 is 0 Å². The third kappa shape index (κ3) is 3.38. The Bertz CT molecular complexity index is 359. The van der Waals surface area contributed by atoms with E-state index in [0.29, 0.717) is 15.2 Å². The monoisotopic (exact) mass is 344 g/mol. The predicted molar refractivity (Wildman–Crippen MR) is 109 cm³/mol. The van der Waals surface area contributed by atoms with Crippen LogP contribution in [0.1, 0.15) is 62.3 Å². The lowest BCUT2D eigenvalue weighted by atomic mass is 10.2. The molecule has 0 N–H and O–H groups in total. The summed E-state index contributed by atoms with van der Waals surface area (Å²) in [6.45, 7) is 33.4. The molecule has 2 atom stereocenters. The van der Waals surface area contributed by atoms with Crippen molar-refractivity contribution in [3.05, 3.63) is 0 Å². The van der Waals surface area contributed by atoms with E-state index in [2.05, 4.69) is 88.5 Å². The van der Waals surface area contributed by atoms with E-state index in [1.807, 2.05) is 0 Å². The van der Waals surface area contributed by atoms with E-state index in [-0.39, 0.29) is 7.92 Å². The molecular formula is C18H41PSi2. The Kier molecular flexibility index (Phi) is 4.91. The molecule has 0 bridgehead atoms. The Morgan fingerprint density at radius 2 is 0.810 bits per heavy atom. The first-order valence-corrected chi connectivity index (χ1v) is 16.3. The quantitative estimate of drug-likeness (QED) is 0.370. The maximum atomic E-state index is 2.69. The molecule has 0 aromatic heterocycles. The summed E-state index contributed by atoms with van der Waals surface area (Å²) < 4.78 is 0. The first-order chi connectivity index (χ1) is 8.87. The van der Waals surface area contributed by atoms with E-state index < -0.39 is 16.1 Å². The summed E-state index contributed by atoms with van der Waals surface area (Å²) in [4.78, 5) is 0. The van der Waals surface area contributed by atoms with E-state index in [0.717, 1.165) is 10.6 Å². The lowest BCUT2D eigenvalue weighted by Gasteiger charge is -2.41. The highest BCUT2D eigenvalue weighted by Gasteiger charge is 2.69. The average molecular weight is 345 g/mol. The topological polar surface area (TPSA) is 0 Å². The van der Waals surface area contributed by atoms with Crippen molar-refractivity contribution in [2.45, 2.75) is 114 Å². The zero-order valence-electron chi connectivity index (χ0n) is 17.1. The van der Waals surface area contributed by atoms with Gasteiger partial charge < -0.3 is 0 Å². The molecule has 1 fully saturated rings. The van der Waals surface area contributed by atoms with Crippen LogP contribution in [0.3, 0.4) is 0 Å². The van der Waals surface area contributed by atoms with Gasteiger partial charge in [0.25, 0.3) is 0 Å². The summed E-state index contributed by atoms with van der Waals surface area (Å²) in [5.74, 6) is 0. The van der Waals surface area contributed by atoms with Crippen LogP contribution >= 0.6 is 7.92 Å². The molecule has 1 aliphatic heterocycles. The predicted octanol–water partition coefficient (Wildman–Crippen LogP) is 7.11. The first kappa shape index (κ1) is 19.9. The average Bonchev–Trinajstić information content (AvgIpc) is 2.87. The third-order valence-electron chi connectivity index (χ3n) is 6.93. The molecule has 1 rings (SSSR count). The second-order valence-corrected chi connectivity index (χ2v) is 26.8. The largest absolute Gasteiger partial charge is 0.0996 e. The molecule has 0 spiro atoms. The van der Waals surface area contributed by atoms with Crippen LogP contribution in [-0.2, 0) is 0 Å². The fourth-order valence-electron chi connectivity index (χ4n) is 3.44. The number of rotatable bonds is 2. The summed E-state index contributed by atoms with van der Waals surface area (Å²) in [5, 5.41) is 3.78. The van der Waals surface area contributed by atoms with E-state index >= 15 is 0 Å². The number of hydrogen-bond acceptors (Lipinski definition) is 0. The van der Waals surface area contributed by atoms with Gasteiger partial charge in [-0.3, -0.25) is 0 Å². The normalized spacial score (nSPS) is 28.7. The van der Waals surface area contributed by atoms with E-state index in [9.17, 15) is 0 Å². The molecule has 0 aromatic rings. The third-order valence-corrected chi connectivity index (χ3v) is 27.7. The van der Waals surface area contributed by atoms with Crippen molar-refractivity contribution in [1.29, 1.82) is 0 Å². The lowest BCUT2D eigenvalue weighted by Crippen LogP contribution is -2.51. The molecule has 1 aliphatic rings. The standard InChI is InChI=1S/C18H41PSi2/c1-16(2,3)19-14(20(10,11)17(4,5)6)15(19)21(12,13)18(7,8)9/h14-15H,1-13H3/t14-,15-/m0/s1. The SMILES string of the molecule is CC(C)(C)P1[C@@H]([Si](C)(C)C(C)(C)C)[C@@H]1[Si](C)(C)C(C)(C)C. The van der Waals surface area contributed by atoms with Crippen LogP contribution in [0.5, 0.6) is 0 Å². The molecular weight excluding hydrogens is 303 g/mol. The van der Waals surface area contributed by atoms with Crippen LogP contribution in [0.25, 0.3) is 0 Å². The summed E-state index contributed by atoms with van der Waals surface area (Å²) in [6, 6.07) is 0. The molecule has 0 radical (unpaired) electrons. The highest BCUT2D eigenvalue weighted by atomic mass is 31.1. The second kappa shape index (κ2) is 5.18. The summed E-state index contributed by atoms with van der Waals surface area (Å²) in [5.41, 5.74) is 0. The van der Waals surface area contributed by atoms with E-state index in [1.165, 1.54) is 0 Å². The zero-order chi connectivity index (χ0) is 17.2. The van der Waals surface area contributed by atoms with Gasteiger partial charge >= 0.3 is 0 Å². The highest BCUT2D eigenvalue weighted by Crippen LogP contribution is 2.81. The minimum absolute atomic E-state index is 0.200. The first-order valence-electron chi connectivity index (χ1n) is 8.65. The van der Waals surface area contributed by atoms with Crippen molar-refractivity contribution >= 4 is 24.1 Å².